The summed E-state index contributed by atoms with van der Waals surface area (Å²) in [7, 11) is -3.50. The van der Waals surface area contributed by atoms with E-state index in [9.17, 15) is 13.2 Å². The van der Waals surface area contributed by atoms with Gasteiger partial charge in [0.1, 0.15) is 5.52 Å². The molecule has 9 nitrogen and oxygen atoms in total. The maximum atomic E-state index is 12.9. The van der Waals surface area contributed by atoms with Crippen molar-refractivity contribution in [2.45, 2.75) is 30.7 Å². The monoisotopic (exact) mass is 538 g/mol. The number of amides is 1. The zero-order chi connectivity index (χ0) is 26.0. The number of benzene rings is 1. The lowest BCUT2D eigenvalue weighted by Gasteiger charge is -2.34. The van der Waals surface area contributed by atoms with Gasteiger partial charge in [0, 0.05) is 48.9 Å². The van der Waals surface area contributed by atoms with Crippen LogP contribution >= 0.6 is 11.6 Å². The maximum Gasteiger partial charge on any atom is 0.255 e. The lowest BCUT2D eigenvalue weighted by Crippen LogP contribution is -2.35. The van der Waals surface area contributed by atoms with E-state index in [-0.39, 0.29) is 10.8 Å². The van der Waals surface area contributed by atoms with E-state index in [4.69, 9.17) is 11.6 Å². The van der Waals surface area contributed by atoms with Crippen molar-refractivity contribution in [2.75, 3.05) is 29.6 Å². The first-order chi connectivity index (χ1) is 17.8. The van der Waals surface area contributed by atoms with Crippen molar-refractivity contribution < 1.29 is 13.2 Å². The summed E-state index contributed by atoms with van der Waals surface area (Å²) in [6.45, 7) is 2.35. The number of carbonyl (C=O) groups is 1. The number of pyridine rings is 2. The van der Waals surface area contributed by atoms with Crippen LogP contribution < -0.4 is 10.2 Å². The Balaban J connectivity index is 1.29. The van der Waals surface area contributed by atoms with Gasteiger partial charge in [-0.05, 0) is 61.6 Å². The molecule has 37 heavy (non-hydrogen) atoms. The molecule has 1 aromatic carbocycles. The molecule has 4 aromatic rings. The van der Waals surface area contributed by atoms with Crippen LogP contribution in [0.15, 0.2) is 66.1 Å². The van der Waals surface area contributed by atoms with Gasteiger partial charge in [-0.1, -0.05) is 17.7 Å². The van der Waals surface area contributed by atoms with Crippen LogP contribution in [0.4, 0.5) is 11.5 Å². The molecule has 4 heterocycles. The molecule has 3 aromatic heterocycles. The van der Waals surface area contributed by atoms with Crippen LogP contribution in [0.5, 0.6) is 0 Å². The minimum atomic E-state index is -3.50. The molecular weight excluding hydrogens is 512 g/mol. The standard InChI is InChI=1S/C26H27ClN6O3S/c1-37(35,36)21-15-23(31-26(34)19-4-2-5-20(27)14-19)25(29-16-21)32-11-7-18(8-12-32)9-13-33-17-30-22-6-3-10-28-24(22)33/h2-6,10,14-18H,7-9,11-13H2,1H3,(H,31,34). The van der Waals surface area contributed by atoms with Crippen LogP contribution in [-0.2, 0) is 16.4 Å². The molecule has 1 N–H and O–H groups in total. The van der Waals surface area contributed by atoms with Crippen molar-refractivity contribution in [3.05, 3.63) is 71.8 Å². The fourth-order valence-corrected chi connectivity index (χ4v) is 5.39. The van der Waals surface area contributed by atoms with Gasteiger partial charge in [-0.15, -0.1) is 0 Å². The highest BCUT2D eigenvalue weighted by molar-refractivity contribution is 7.90. The van der Waals surface area contributed by atoms with Crippen LogP contribution in [0.1, 0.15) is 29.6 Å². The van der Waals surface area contributed by atoms with Crippen molar-refractivity contribution in [1.82, 2.24) is 19.5 Å². The number of nitrogens with zero attached hydrogens (tertiary/aromatic N) is 5. The molecule has 1 fully saturated rings. The maximum absolute atomic E-state index is 12.9. The smallest absolute Gasteiger partial charge is 0.255 e. The summed E-state index contributed by atoms with van der Waals surface area (Å²) >= 11 is 6.04. The number of imidazole rings is 1. The molecular formula is C26H27ClN6O3S. The van der Waals surface area contributed by atoms with Crippen molar-refractivity contribution in [3.8, 4) is 0 Å². The summed E-state index contributed by atoms with van der Waals surface area (Å²) in [6.07, 6.45) is 9.02. The van der Waals surface area contributed by atoms with E-state index in [1.807, 2.05) is 18.5 Å². The number of carbonyl (C=O) groups excluding carboxylic acids is 1. The SMILES string of the molecule is CS(=O)(=O)c1cnc(N2CCC(CCn3cnc4cccnc43)CC2)c(NC(=O)c2cccc(Cl)c2)c1. The first kappa shape index (κ1) is 25.2. The van der Waals surface area contributed by atoms with Gasteiger partial charge in [-0.25, -0.2) is 23.4 Å². The summed E-state index contributed by atoms with van der Waals surface area (Å²) in [4.78, 5) is 28.4. The second kappa shape index (κ2) is 10.5. The van der Waals surface area contributed by atoms with Crippen LogP contribution in [0.3, 0.4) is 0 Å². The molecule has 0 bridgehead atoms. The number of fused-ring (bicyclic) bond motifs is 1. The molecule has 0 radical (unpaired) electrons. The summed E-state index contributed by atoms with van der Waals surface area (Å²) < 4.78 is 26.4. The molecule has 0 saturated carbocycles. The summed E-state index contributed by atoms with van der Waals surface area (Å²) in [6, 6.07) is 11.9. The first-order valence-corrected chi connectivity index (χ1v) is 14.3. The number of hydrogen-bond donors (Lipinski definition) is 1. The Kier molecular flexibility index (Phi) is 7.12. The largest absolute Gasteiger partial charge is 0.355 e. The Hall–Kier alpha value is -3.50. The van der Waals surface area contributed by atoms with Gasteiger partial charge >= 0.3 is 0 Å². The molecule has 0 spiro atoms. The molecule has 1 saturated heterocycles. The van der Waals surface area contributed by atoms with Gasteiger partial charge < -0.3 is 14.8 Å². The van der Waals surface area contributed by atoms with E-state index in [1.54, 1.807) is 30.5 Å². The zero-order valence-corrected chi connectivity index (χ0v) is 21.9. The number of sulfone groups is 1. The minimum Gasteiger partial charge on any atom is -0.355 e. The van der Waals surface area contributed by atoms with E-state index < -0.39 is 9.84 Å². The number of piperidine rings is 1. The van der Waals surface area contributed by atoms with E-state index in [0.29, 0.717) is 28.0 Å². The van der Waals surface area contributed by atoms with Gasteiger partial charge in [-0.2, -0.15) is 0 Å². The highest BCUT2D eigenvalue weighted by Crippen LogP contribution is 2.31. The van der Waals surface area contributed by atoms with Crippen molar-refractivity contribution >= 4 is 50.0 Å². The van der Waals surface area contributed by atoms with Gasteiger partial charge in [-0.3, -0.25) is 4.79 Å². The summed E-state index contributed by atoms with van der Waals surface area (Å²) in [5.41, 5.74) is 2.54. The predicted molar refractivity (Wildman–Crippen MR) is 144 cm³/mol. The molecule has 11 heteroatoms. The molecule has 0 atom stereocenters. The topological polar surface area (TPSA) is 110 Å². The van der Waals surface area contributed by atoms with Crippen LogP contribution in [-0.4, -0.2) is 53.2 Å². The van der Waals surface area contributed by atoms with Gasteiger partial charge in [0.25, 0.3) is 5.91 Å². The van der Waals surface area contributed by atoms with Crippen LogP contribution in [0, 0.1) is 5.92 Å². The number of aryl methyl sites for hydroxylation is 1. The van der Waals surface area contributed by atoms with E-state index in [2.05, 4.69) is 29.7 Å². The number of rotatable bonds is 7. The first-order valence-electron chi connectivity index (χ1n) is 12.1. The van der Waals surface area contributed by atoms with Crippen molar-refractivity contribution in [1.29, 1.82) is 0 Å². The molecule has 1 amide bonds. The average molecular weight is 539 g/mol. The third kappa shape index (κ3) is 5.75. The third-order valence-electron chi connectivity index (χ3n) is 6.67. The van der Waals surface area contributed by atoms with Crippen molar-refractivity contribution in [3.63, 3.8) is 0 Å². The minimum absolute atomic E-state index is 0.0497. The molecule has 1 aliphatic rings. The average Bonchev–Trinajstić information content (AvgIpc) is 3.30. The van der Waals surface area contributed by atoms with Crippen molar-refractivity contribution in [2.24, 2.45) is 5.92 Å². The number of nitrogens with one attached hydrogen (secondary N) is 1. The van der Waals surface area contributed by atoms with Crippen LogP contribution in [0.25, 0.3) is 11.2 Å². The Morgan fingerprint density at radius 2 is 1.92 bits per heavy atom. The Bertz CT molecular complexity index is 1550. The number of hydrogen-bond acceptors (Lipinski definition) is 7. The molecule has 0 aliphatic carbocycles. The number of anilines is 2. The Morgan fingerprint density at radius 3 is 2.68 bits per heavy atom. The fourth-order valence-electron chi connectivity index (χ4n) is 4.63. The molecule has 192 valence electrons. The number of aromatic nitrogens is 4. The molecule has 1 aliphatic heterocycles. The zero-order valence-electron chi connectivity index (χ0n) is 20.3. The van der Waals surface area contributed by atoms with Crippen LogP contribution in [0.2, 0.25) is 5.02 Å². The lowest BCUT2D eigenvalue weighted by molar-refractivity contribution is 0.102. The Labute approximate surface area is 220 Å². The fraction of sp³-hybridized carbons (Fsp3) is 0.308. The van der Waals surface area contributed by atoms with E-state index in [1.165, 1.54) is 12.3 Å². The van der Waals surface area contributed by atoms with Gasteiger partial charge in [0.05, 0.1) is 16.9 Å². The number of halogens is 1. The van der Waals surface area contributed by atoms with E-state index >= 15 is 0 Å². The summed E-state index contributed by atoms with van der Waals surface area (Å²) in [5.74, 6) is 0.704. The quantitative estimate of drug-likeness (QED) is 0.370. The lowest BCUT2D eigenvalue weighted by atomic mass is 9.93. The summed E-state index contributed by atoms with van der Waals surface area (Å²) in [5, 5.41) is 3.29. The highest BCUT2D eigenvalue weighted by Gasteiger charge is 2.24. The third-order valence-corrected chi connectivity index (χ3v) is 7.99. The second-order valence-corrected chi connectivity index (χ2v) is 11.7. The van der Waals surface area contributed by atoms with E-state index in [0.717, 1.165) is 56.3 Å². The normalized spacial score (nSPS) is 14.7. The Morgan fingerprint density at radius 1 is 1.11 bits per heavy atom. The molecule has 5 rings (SSSR count). The van der Waals surface area contributed by atoms with Gasteiger partial charge in [0.2, 0.25) is 0 Å². The highest BCUT2D eigenvalue weighted by atomic mass is 35.5. The van der Waals surface area contributed by atoms with Gasteiger partial charge in [0.15, 0.2) is 21.3 Å². The predicted octanol–water partition coefficient (Wildman–Crippen LogP) is 4.44. The second-order valence-electron chi connectivity index (χ2n) is 9.28. The molecule has 0 unspecified atom stereocenters.